The Morgan fingerprint density at radius 1 is 1.10 bits per heavy atom. The fourth-order valence-corrected chi connectivity index (χ4v) is 5.29. The van der Waals surface area contributed by atoms with E-state index in [4.69, 9.17) is 11.6 Å². The molecule has 1 aliphatic carbocycles. The van der Waals surface area contributed by atoms with Crippen molar-refractivity contribution in [3.63, 3.8) is 0 Å². The van der Waals surface area contributed by atoms with E-state index in [9.17, 15) is 19.2 Å². The van der Waals surface area contributed by atoms with Crippen LogP contribution in [0.4, 0.5) is 5.69 Å². The number of carbonyl (C=O) groups excluding carboxylic acids is 2. The second-order valence-corrected chi connectivity index (χ2v) is 10.4. The normalized spacial score (nSPS) is 15.9. The lowest BCUT2D eigenvalue weighted by atomic mass is 9.89. The van der Waals surface area contributed by atoms with Gasteiger partial charge in [-0.3, -0.25) is 23.9 Å². The van der Waals surface area contributed by atoms with Crippen molar-refractivity contribution in [1.82, 2.24) is 20.0 Å². The molecule has 1 unspecified atom stereocenters. The lowest BCUT2D eigenvalue weighted by Crippen LogP contribution is -2.41. The molecule has 1 fully saturated rings. The molecule has 10 nitrogen and oxygen atoms in total. The number of hydrogen-bond donors (Lipinski definition) is 3. The summed E-state index contributed by atoms with van der Waals surface area (Å²) in [5.41, 5.74) is 2.98. The molecule has 1 spiro atoms. The van der Waals surface area contributed by atoms with Crippen LogP contribution in [-0.2, 0) is 11.2 Å². The molecule has 1 atom stereocenters. The monoisotopic (exact) mass is 545 g/mol. The van der Waals surface area contributed by atoms with Crippen molar-refractivity contribution >= 4 is 29.1 Å². The van der Waals surface area contributed by atoms with Gasteiger partial charge in [0, 0.05) is 39.6 Å². The summed E-state index contributed by atoms with van der Waals surface area (Å²) >= 11 is 6.31. The molecule has 39 heavy (non-hydrogen) atoms. The Hall–Kier alpha value is -4.44. The highest BCUT2D eigenvalue weighted by molar-refractivity contribution is 6.31. The van der Waals surface area contributed by atoms with Gasteiger partial charge in [0.05, 0.1) is 5.56 Å². The number of carbonyl (C=O) groups is 2. The van der Waals surface area contributed by atoms with Gasteiger partial charge >= 0.3 is 5.76 Å². The van der Waals surface area contributed by atoms with Gasteiger partial charge in [-0.1, -0.05) is 29.7 Å². The van der Waals surface area contributed by atoms with E-state index in [2.05, 4.69) is 25.3 Å². The van der Waals surface area contributed by atoms with E-state index in [0.29, 0.717) is 40.2 Å². The second-order valence-electron chi connectivity index (χ2n) is 9.99. The van der Waals surface area contributed by atoms with E-state index >= 15 is 0 Å². The number of H-pyrrole nitrogens is 1. The van der Waals surface area contributed by atoms with E-state index in [1.54, 1.807) is 37.3 Å². The first-order valence-electron chi connectivity index (χ1n) is 12.6. The summed E-state index contributed by atoms with van der Waals surface area (Å²) in [6, 6.07) is 12.7. The highest BCUT2D eigenvalue weighted by Gasteiger charge is 2.46. The van der Waals surface area contributed by atoms with Crippen molar-refractivity contribution < 1.29 is 14.1 Å². The number of nitrogens with zero attached hydrogens (tertiary/aromatic N) is 2. The molecule has 2 aromatic heterocycles. The highest BCUT2D eigenvalue weighted by atomic mass is 35.5. The first-order chi connectivity index (χ1) is 18.7. The Morgan fingerprint density at radius 2 is 1.87 bits per heavy atom. The van der Waals surface area contributed by atoms with Gasteiger partial charge < -0.3 is 15.2 Å². The Bertz CT molecular complexity index is 1730. The van der Waals surface area contributed by atoms with Crippen LogP contribution >= 0.6 is 11.6 Å². The molecule has 0 bridgehead atoms. The number of rotatable bonds is 5. The van der Waals surface area contributed by atoms with Gasteiger partial charge in [-0.15, -0.1) is 0 Å². The third-order valence-electron chi connectivity index (χ3n) is 7.34. The smallest absolute Gasteiger partial charge is 0.346 e. The largest absolute Gasteiger partial charge is 0.439 e. The molecule has 1 aliphatic heterocycles. The molecular formula is C28H24ClN5O5. The van der Waals surface area contributed by atoms with Gasteiger partial charge in [-0.05, 0) is 73.2 Å². The molecule has 2 amide bonds. The third kappa shape index (κ3) is 4.67. The molecule has 2 aliphatic rings. The summed E-state index contributed by atoms with van der Waals surface area (Å²) in [6.45, 7) is 1.80. The van der Waals surface area contributed by atoms with Gasteiger partial charge in [0.2, 0.25) is 5.91 Å². The average Bonchev–Trinajstić information content (AvgIpc) is 3.52. The molecule has 198 valence electrons. The topological polar surface area (TPSA) is 139 Å². The van der Waals surface area contributed by atoms with Crippen LogP contribution in [0.5, 0.6) is 0 Å². The van der Waals surface area contributed by atoms with Crippen molar-refractivity contribution in [1.29, 1.82) is 0 Å². The third-order valence-corrected chi connectivity index (χ3v) is 7.57. The molecule has 2 aromatic carbocycles. The van der Waals surface area contributed by atoms with Gasteiger partial charge in [0.1, 0.15) is 6.04 Å². The summed E-state index contributed by atoms with van der Waals surface area (Å²) in [6.07, 6.45) is 4.22. The first kappa shape index (κ1) is 24.9. The molecule has 0 radical (unpaired) electrons. The minimum atomic E-state index is -0.860. The summed E-state index contributed by atoms with van der Waals surface area (Å²) < 4.78 is 5.84. The second kappa shape index (κ2) is 9.39. The molecule has 6 rings (SSSR count). The maximum Gasteiger partial charge on any atom is 0.439 e. The first-order valence-corrected chi connectivity index (χ1v) is 13.0. The number of amides is 2. The maximum absolute atomic E-state index is 13.4. The van der Waals surface area contributed by atoms with Crippen molar-refractivity contribution in [2.45, 2.75) is 44.2 Å². The SMILES string of the molecule is CCC(C(=O)Nc1ccc(-c2noc(=O)[nH]2)cc1)n1cc2c(cc1=O)-c1cc(Cl)ccc1CC1(CC1)NC2=O. The Labute approximate surface area is 227 Å². The zero-order chi connectivity index (χ0) is 27.3. The molecular weight excluding hydrogens is 522 g/mol. The lowest BCUT2D eigenvalue weighted by Gasteiger charge is -2.26. The Morgan fingerprint density at radius 3 is 2.54 bits per heavy atom. The zero-order valence-electron chi connectivity index (χ0n) is 20.9. The van der Waals surface area contributed by atoms with Crippen molar-refractivity contribution in [3.05, 3.63) is 91.8 Å². The van der Waals surface area contributed by atoms with E-state index < -0.39 is 23.3 Å². The van der Waals surface area contributed by atoms with Crippen molar-refractivity contribution in [2.24, 2.45) is 0 Å². The van der Waals surface area contributed by atoms with Crippen LogP contribution in [-0.4, -0.2) is 32.1 Å². The predicted octanol–water partition coefficient (Wildman–Crippen LogP) is 3.92. The highest BCUT2D eigenvalue weighted by Crippen LogP contribution is 2.43. The van der Waals surface area contributed by atoms with Gasteiger partial charge in [-0.25, -0.2) is 4.79 Å². The quantitative estimate of drug-likeness (QED) is 0.347. The van der Waals surface area contributed by atoms with Crippen LogP contribution < -0.4 is 21.9 Å². The average molecular weight is 546 g/mol. The number of anilines is 1. The summed E-state index contributed by atoms with van der Waals surface area (Å²) in [4.78, 5) is 53.8. The van der Waals surface area contributed by atoms with Gasteiger partial charge in [0.25, 0.3) is 11.5 Å². The standard InChI is InChI=1S/C28H24ClN5O5/c1-2-22(26(37)30-18-7-4-15(5-8-18)24-31-27(38)39-33-24)34-14-21-20(12-23(34)35)19-11-17(29)6-3-16(19)13-28(9-10-28)32-25(21)36/h3-8,11-12,14,22H,2,9-10,13H2,1H3,(H,30,37)(H,32,36)(H,31,33,38). The number of aromatic amines is 1. The molecule has 0 saturated heterocycles. The Balaban J connectivity index is 1.33. The van der Waals surface area contributed by atoms with Crippen LogP contribution in [0, 0.1) is 0 Å². The predicted molar refractivity (Wildman–Crippen MR) is 145 cm³/mol. The Kier molecular flexibility index (Phi) is 5.99. The van der Waals surface area contributed by atoms with Crippen LogP contribution in [0.25, 0.3) is 22.5 Å². The molecule has 3 N–H and O–H groups in total. The van der Waals surface area contributed by atoms with E-state index in [0.717, 1.165) is 24.0 Å². The fraction of sp³-hybridized carbons (Fsp3) is 0.250. The van der Waals surface area contributed by atoms with Crippen LogP contribution in [0.3, 0.4) is 0 Å². The van der Waals surface area contributed by atoms with Gasteiger partial charge in [-0.2, -0.15) is 0 Å². The minimum Gasteiger partial charge on any atom is -0.346 e. The number of benzene rings is 2. The number of halogens is 1. The number of hydrogen-bond acceptors (Lipinski definition) is 6. The van der Waals surface area contributed by atoms with E-state index in [-0.39, 0.29) is 17.3 Å². The number of aromatic nitrogens is 3. The molecule has 3 heterocycles. The summed E-state index contributed by atoms with van der Waals surface area (Å²) in [5.74, 6) is -1.08. The molecule has 4 aromatic rings. The molecule has 1 saturated carbocycles. The lowest BCUT2D eigenvalue weighted by molar-refractivity contribution is -0.119. The van der Waals surface area contributed by atoms with Crippen molar-refractivity contribution in [3.8, 4) is 22.5 Å². The summed E-state index contributed by atoms with van der Waals surface area (Å²) in [7, 11) is 0. The van der Waals surface area contributed by atoms with Crippen LogP contribution in [0.2, 0.25) is 5.02 Å². The molecule has 11 heteroatoms. The maximum atomic E-state index is 13.4. The minimum absolute atomic E-state index is 0.269. The number of nitrogens with one attached hydrogen (secondary N) is 3. The van der Waals surface area contributed by atoms with E-state index in [1.807, 2.05) is 12.1 Å². The zero-order valence-corrected chi connectivity index (χ0v) is 21.7. The number of pyridine rings is 1. The fourth-order valence-electron chi connectivity index (χ4n) is 5.12. The van der Waals surface area contributed by atoms with Crippen LogP contribution in [0.1, 0.15) is 48.1 Å². The van der Waals surface area contributed by atoms with E-state index in [1.165, 1.54) is 16.8 Å². The number of fused-ring (bicyclic) bond motifs is 3. The van der Waals surface area contributed by atoms with Crippen LogP contribution in [0.15, 0.2) is 68.8 Å². The van der Waals surface area contributed by atoms with Crippen molar-refractivity contribution in [2.75, 3.05) is 5.32 Å². The summed E-state index contributed by atoms with van der Waals surface area (Å²) in [5, 5.41) is 10.1. The van der Waals surface area contributed by atoms with Gasteiger partial charge in [0.15, 0.2) is 5.82 Å².